The Morgan fingerprint density at radius 2 is 2.06 bits per heavy atom. The molecular weight excluding hydrogens is 295 g/mol. The zero-order valence-electron chi connectivity index (χ0n) is 10.1. The van der Waals surface area contributed by atoms with Crippen LogP contribution in [-0.2, 0) is 25.2 Å². The Kier molecular flexibility index (Phi) is 12.0. The smallest absolute Gasteiger partial charge is 1.00 e. The van der Waals surface area contributed by atoms with E-state index in [2.05, 4.69) is 52.6 Å². The SMILES string of the molecule is CCCOC(C1=[C]([Ti+2])CC=C1)[SiH](C)C.[Cl-].[Cl-]. The summed E-state index contributed by atoms with van der Waals surface area (Å²) in [6.45, 7) is 7.81. The summed E-state index contributed by atoms with van der Waals surface area (Å²) in [5, 5.41) is 0. The maximum atomic E-state index is 5.96. The van der Waals surface area contributed by atoms with Crippen LogP contribution < -0.4 is 24.8 Å². The molecule has 0 aromatic carbocycles. The molecule has 0 aromatic heterocycles. The molecule has 91 valence electrons. The van der Waals surface area contributed by atoms with E-state index in [1.807, 2.05) is 0 Å². The Morgan fingerprint density at radius 3 is 2.44 bits per heavy atom. The summed E-state index contributed by atoms with van der Waals surface area (Å²) in [6, 6.07) is 0. The molecule has 0 bridgehead atoms. The van der Waals surface area contributed by atoms with Crippen LogP contribution in [0.25, 0.3) is 0 Å². The fourth-order valence-electron chi connectivity index (χ4n) is 1.67. The molecule has 1 rings (SSSR count). The first-order valence-electron chi connectivity index (χ1n) is 5.39. The number of hydrogen-bond donors (Lipinski definition) is 0. The van der Waals surface area contributed by atoms with E-state index in [4.69, 9.17) is 4.74 Å². The number of allylic oxidation sites excluding steroid dienone is 2. The quantitative estimate of drug-likeness (QED) is 0.480. The summed E-state index contributed by atoms with van der Waals surface area (Å²) in [5.74, 6) is 0. The van der Waals surface area contributed by atoms with E-state index < -0.39 is 8.80 Å². The van der Waals surface area contributed by atoms with E-state index in [0.29, 0.717) is 5.73 Å². The van der Waals surface area contributed by atoms with Crippen molar-refractivity contribution < 1.29 is 50.0 Å². The van der Waals surface area contributed by atoms with Crippen LogP contribution in [0.3, 0.4) is 0 Å². The number of hydrogen-bond acceptors (Lipinski definition) is 1. The summed E-state index contributed by atoms with van der Waals surface area (Å²) in [7, 11) is -0.740. The van der Waals surface area contributed by atoms with Gasteiger partial charge in [-0.05, 0) is 0 Å². The topological polar surface area (TPSA) is 9.23 Å². The minimum absolute atomic E-state index is 0. The maximum Gasteiger partial charge on any atom is -1.00 e. The second kappa shape index (κ2) is 9.93. The van der Waals surface area contributed by atoms with Crippen molar-refractivity contribution in [1.29, 1.82) is 0 Å². The van der Waals surface area contributed by atoms with Gasteiger partial charge in [0.25, 0.3) is 0 Å². The molecule has 1 unspecified atom stereocenters. The minimum Gasteiger partial charge on any atom is -1.00 e. The molecule has 0 N–H and O–H groups in total. The third-order valence-electron chi connectivity index (χ3n) is 2.38. The minimum atomic E-state index is -0.740. The zero-order valence-corrected chi connectivity index (χ0v) is 14.3. The van der Waals surface area contributed by atoms with Crippen LogP contribution in [0.2, 0.25) is 13.1 Å². The van der Waals surface area contributed by atoms with Crippen molar-refractivity contribution >= 4 is 8.80 Å². The van der Waals surface area contributed by atoms with E-state index in [1.54, 1.807) is 0 Å². The van der Waals surface area contributed by atoms with Crippen molar-refractivity contribution in [3.8, 4) is 0 Å². The average Bonchev–Trinajstić information content (AvgIpc) is 2.52. The summed E-state index contributed by atoms with van der Waals surface area (Å²) in [4.78, 5) is 0. The first-order valence-corrected chi connectivity index (χ1v) is 9.15. The van der Waals surface area contributed by atoms with E-state index in [0.717, 1.165) is 19.4 Å². The fourth-order valence-corrected chi connectivity index (χ4v) is 4.02. The Balaban J connectivity index is 0. The van der Waals surface area contributed by atoms with Gasteiger partial charge in [-0.3, -0.25) is 0 Å². The van der Waals surface area contributed by atoms with Crippen molar-refractivity contribution in [2.24, 2.45) is 0 Å². The molecule has 0 heterocycles. The second-order valence-electron chi connectivity index (χ2n) is 4.08. The number of halogens is 2. The van der Waals surface area contributed by atoms with E-state index in [-0.39, 0.29) is 24.8 Å². The van der Waals surface area contributed by atoms with Crippen LogP contribution in [-0.4, -0.2) is 21.1 Å². The molecule has 1 atom stereocenters. The second-order valence-corrected chi connectivity index (χ2v) is 8.11. The predicted molar refractivity (Wildman–Crippen MR) is 59.7 cm³/mol. The molecule has 1 aliphatic rings. The molecule has 1 aliphatic carbocycles. The molecule has 0 aromatic rings. The maximum absolute atomic E-state index is 5.96. The van der Waals surface area contributed by atoms with Crippen LogP contribution in [0.4, 0.5) is 0 Å². The normalized spacial score (nSPS) is 16.1. The van der Waals surface area contributed by atoms with Gasteiger partial charge in [0.1, 0.15) is 0 Å². The van der Waals surface area contributed by atoms with E-state index in [9.17, 15) is 0 Å². The largest absolute Gasteiger partial charge is 1.00 e. The van der Waals surface area contributed by atoms with Crippen LogP contribution in [0.5, 0.6) is 0 Å². The molecular formula is C11H19Cl2OSiTi. The molecule has 0 saturated carbocycles. The molecule has 0 radical (unpaired) electrons. The molecule has 0 saturated heterocycles. The first-order chi connectivity index (χ1) is 6.66. The van der Waals surface area contributed by atoms with Crippen LogP contribution in [0, 0.1) is 0 Å². The van der Waals surface area contributed by atoms with Gasteiger partial charge in [-0.2, -0.15) is 0 Å². The average molecular weight is 314 g/mol. The predicted octanol–water partition coefficient (Wildman–Crippen LogP) is -3.42. The number of ether oxygens (including phenoxy) is 1. The Bertz CT molecular complexity index is 254. The third kappa shape index (κ3) is 5.52. The van der Waals surface area contributed by atoms with Crippen LogP contribution in [0.15, 0.2) is 21.6 Å². The van der Waals surface area contributed by atoms with Crippen LogP contribution >= 0.6 is 0 Å². The first kappa shape index (κ1) is 19.3. The van der Waals surface area contributed by atoms with E-state index in [1.165, 1.54) is 9.45 Å². The van der Waals surface area contributed by atoms with Gasteiger partial charge in [0.05, 0.1) is 0 Å². The zero-order chi connectivity index (χ0) is 10.6. The van der Waals surface area contributed by atoms with Crippen molar-refractivity contribution in [3.63, 3.8) is 0 Å². The molecule has 0 aliphatic heterocycles. The van der Waals surface area contributed by atoms with Crippen molar-refractivity contribution in [1.82, 2.24) is 0 Å². The van der Waals surface area contributed by atoms with Gasteiger partial charge < -0.3 is 24.8 Å². The van der Waals surface area contributed by atoms with Gasteiger partial charge in [-0.25, -0.2) is 0 Å². The Labute approximate surface area is 125 Å². The monoisotopic (exact) mass is 313 g/mol. The third-order valence-corrected chi connectivity index (χ3v) is 4.91. The number of rotatable bonds is 5. The molecule has 16 heavy (non-hydrogen) atoms. The van der Waals surface area contributed by atoms with Gasteiger partial charge in [0, 0.05) is 0 Å². The van der Waals surface area contributed by atoms with Crippen LogP contribution in [0.1, 0.15) is 19.8 Å². The molecule has 0 fully saturated rings. The summed E-state index contributed by atoms with van der Waals surface area (Å²) in [5.41, 5.74) is 1.91. The van der Waals surface area contributed by atoms with Gasteiger partial charge in [0.15, 0.2) is 0 Å². The molecule has 1 nitrogen and oxygen atoms in total. The van der Waals surface area contributed by atoms with Crippen molar-refractivity contribution in [2.75, 3.05) is 6.61 Å². The summed E-state index contributed by atoms with van der Waals surface area (Å²) in [6.07, 6.45) is 6.77. The molecule has 0 spiro atoms. The molecule has 0 amide bonds. The Hall–Kier alpha value is 0.951. The Morgan fingerprint density at radius 1 is 1.44 bits per heavy atom. The standard InChI is InChI=1S/C11H19OSi.2ClH.Ti/c1-4-9-12-11(13(2)3)10-7-5-6-8-10;;;/h5,7,11,13H,4,6,9H2,1-3H3;2*1H;/q;;;+2/p-2. The molecule has 5 heteroatoms. The summed E-state index contributed by atoms with van der Waals surface area (Å²) < 4.78 is 7.47. The van der Waals surface area contributed by atoms with E-state index >= 15 is 0 Å². The van der Waals surface area contributed by atoms with Crippen molar-refractivity contribution in [2.45, 2.75) is 38.6 Å². The fraction of sp³-hybridized carbons (Fsp3) is 0.636. The van der Waals surface area contributed by atoms with Gasteiger partial charge >= 0.3 is 101 Å². The van der Waals surface area contributed by atoms with Gasteiger partial charge in [-0.15, -0.1) is 0 Å². The van der Waals surface area contributed by atoms with Gasteiger partial charge in [0.2, 0.25) is 0 Å². The summed E-state index contributed by atoms with van der Waals surface area (Å²) >= 11 is 2.23. The van der Waals surface area contributed by atoms with Crippen molar-refractivity contribution in [3.05, 3.63) is 21.6 Å². The van der Waals surface area contributed by atoms with Gasteiger partial charge in [-0.1, -0.05) is 0 Å².